The molecule has 1 aliphatic heterocycles. The van der Waals surface area contributed by atoms with Gasteiger partial charge in [-0.1, -0.05) is 28.1 Å². The van der Waals surface area contributed by atoms with Crippen LogP contribution in [0.3, 0.4) is 0 Å². The van der Waals surface area contributed by atoms with Crippen LogP contribution in [0, 0.1) is 0 Å². The number of amides is 1. The molecule has 0 fully saturated rings. The van der Waals surface area contributed by atoms with Crippen molar-refractivity contribution in [3.63, 3.8) is 0 Å². The van der Waals surface area contributed by atoms with Crippen molar-refractivity contribution in [2.24, 2.45) is 0 Å². The number of alkyl halides is 1. The van der Waals surface area contributed by atoms with Gasteiger partial charge in [0.15, 0.2) is 0 Å². The Kier molecular flexibility index (Phi) is 1.89. The lowest BCUT2D eigenvalue weighted by Gasteiger charge is -1.99. The lowest BCUT2D eigenvalue weighted by molar-refractivity contribution is -0.115. The highest BCUT2D eigenvalue weighted by Crippen LogP contribution is 2.24. The van der Waals surface area contributed by atoms with E-state index in [1.54, 1.807) is 0 Å². The van der Waals surface area contributed by atoms with Crippen molar-refractivity contribution in [1.82, 2.24) is 0 Å². The predicted octanol–water partition coefficient (Wildman–Crippen LogP) is 2.08. The molecule has 0 unspecified atom stereocenters. The Morgan fingerprint density at radius 2 is 2.33 bits per heavy atom. The summed E-state index contributed by atoms with van der Waals surface area (Å²) in [4.78, 5) is 11.0. The number of nitrogens with one attached hydrogen (secondary N) is 1. The van der Waals surface area contributed by atoms with E-state index in [2.05, 4.69) is 27.3 Å². The smallest absolute Gasteiger partial charge is 0.228 e. The van der Waals surface area contributed by atoms with Gasteiger partial charge in [0.1, 0.15) is 0 Å². The van der Waals surface area contributed by atoms with Crippen LogP contribution in [0.5, 0.6) is 0 Å². The summed E-state index contributed by atoms with van der Waals surface area (Å²) in [6, 6.07) is 6.03. The third-order valence-electron chi connectivity index (χ3n) is 1.95. The van der Waals surface area contributed by atoms with Gasteiger partial charge in [-0.25, -0.2) is 0 Å². The first-order valence-corrected chi connectivity index (χ1v) is 4.89. The molecule has 0 saturated carbocycles. The summed E-state index contributed by atoms with van der Waals surface area (Å²) in [6.45, 7) is 0. The molecule has 2 rings (SSSR count). The fourth-order valence-electron chi connectivity index (χ4n) is 1.37. The second kappa shape index (κ2) is 2.90. The maximum atomic E-state index is 11.0. The van der Waals surface area contributed by atoms with Crippen molar-refractivity contribution >= 4 is 27.5 Å². The SMILES string of the molecule is O=C1Cc2cc(CBr)ccc2N1. The molecule has 0 spiro atoms. The van der Waals surface area contributed by atoms with Gasteiger partial charge < -0.3 is 5.32 Å². The molecule has 1 aliphatic rings. The molecule has 0 aromatic heterocycles. The zero-order valence-electron chi connectivity index (χ0n) is 6.43. The molecule has 1 aromatic rings. The van der Waals surface area contributed by atoms with Gasteiger partial charge in [0.05, 0.1) is 6.42 Å². The Morgan fingerprint density at radius 3 is 3.08 bits per heavy atom. The molecule has 3 heteroatoms. The van der Waals surface area contributed by atoms with E-state index in [0.29, 0.717) is 6.42 Å². The molecule has 12 heavy (non-hydrogen) atoms. The summed E-state index contributed by atoms with van der Waals surface area (Å²) >= 11 is 3.38. The summed E-state index contributed by atoms with van der Waals surface area (Å²) < 4.78 is 0. The Labute approximate surface area is 79.1 Å². The van der Waals surface area contributed by atoms with E-state index in [-0.39, 0.29) is 5.91 Å². The number of hydrogen-bond donors (Lipinski definition) is 1. The van der Waals surface area contributed by atoms with Crippen molar-refractivity contribution in [3.05, 3.63) is 29.3 Å². The Morgan fingerprint density at radius 1 is 1.50 bits per heavy atom. The summed E-state index contributed by atoms with van der Waals surface area (Å²) in [5.74, 6) is 0.0942. The van der Waals surface area contributed by atoms with Crippen molar-refractivity contribution in [1.29, 1.82) is 0 Å². The van der Waals surface area contributed by atoms with E-state index in [1.807, 2.05) is 12.1 Å². The van der Waals surface area contributed by atoms with E-state index < -0.39 is 0 Å². The molecule has 2 nitrogen and oxygen atoms in total. The van der Waals surface area contributed by atoms with Gasteiger partial charge >= 0.3 is 0 Å². The van der Waals surface area contributed by atoms with Crippen LogP contribution >= 0.6 is 15.9 Å². The van der Waals surface area contributed by atoms with E-state index >= 15 is 0 Å². The van der Waals surface area contributed by atoms with Crippen LogP contribution < -0.4 is 5.32 Å². The molecule has 0 radical (unpaired) electrons. The molecular weight excluding hydrogens is 218 g/mol. The second-order valence-electron chi connectivity index (χ2n) is 2.85. The first kappa shape index (κ1) is 7.80. The van der Waals surface area contributed by atoms with Gasteiger partial charge in [-0.05, 0) is 17.2 Å². The number of halogens is 1. The number of anilines is 1. The minimum absolute atomic E-state index is 0.0942. The first-order chi connectivity index (χ1) is 5.79. The molecular formula is C9H8BrNO. The third-order valence-corrected chi connectivity index (χ3v) is 2.60. The lowest BCUT2D eigenvalue weighted by atomic mass is 10.1. The van der Waals surface area contributed by atoms with E-state index in [9.17, 15) is 4.79 Å². The predicted molar refractivity (Wildman–Crippen MR) is 51.4 cm³/mol. The number of carbonyl (C=O) groups excluding carboxylic acids is 1. The van der Waals surface area contributed by atoms with E-state index in [1.165, 1.54) is 5.56 Å². The lowest BCUT2D eigenvalue weighted by Crippen LogP contribution is -2.03. The van der Waals surface area contributed by atoms with Crippen LogP contribution in [0.4, 0.5) is 5.69 Å². The number of hydrogen-bond acceptors (Lipinski definition) is 1. The molecule has 1 aromatic carbocycles. The highest BCUT2D eigenvalue weighted by atomic mass is 79.9. The third kappa shape index (κ3) is 1.25. The average molecular weight is 226 g/mol. The fourth-order valence-corrected chi connectivity index (χ4v) is 1.71. The first-order valence-electron chi connectivity index (χ1n) is 3.77. The van der Waals surface area contributed by atoms with Crippen molar-refractivity contribution in [2.45, 2.75) is 11.8 Å². The van der Waals surface area contributed by atoms with Crippen LogP contribution in [-0.2, 0) is 16.5 Å². The maximum Gasteiger partial charge on any atom is 0.228 e. The summed E-state index contributed by atoms with van der Waals surface area (Å²) in [5.41, 5.74) is 3.28. The largest absolute Gasteiger partial charge is 0.326 e. The quantitative estimate of drug-likeness (QED) is 0.729. The molecule has 1 amide bonds. The summed E-state index contributed by atoms with van der Waals surface area (Å²) in [6.07, 6.45) is 0.524. The van der Waals surface area contributed by atoms with Crippen LogP contribution in [0.15, 0.2) is 18.2 Å². The summed E-state index contributed by atoms with van der Waals surface area (Å²) in [7, 11) is 0. The molecule has 0 bridgehead atoms. The van der Waals surface area contributed by atoms with Gasteiger partial charge in [0.25, 0.3) is 0 Å². The number of carbonyl (C=O) groups is 1. The van der Waals surface area contributed by atoms with Crippen LogP contribution in [0.25, 0.3) is 0 Å². The van der Waals surface area contributed by atoms with Crippen LogP contribution in [0.1, 0.15) is 11.1 Å². The maximum absolute atomic E-state index is 11.0. The Bertz CT molecular complexity index is 335. The van der Waals surface area contributed by atoms with Crippen molar-refractivity contribution < 1.29 is 4.79 Å². The number of rotatable bonds is 1. The van der Waals surface area contributed by atoms with E-state index in [0.717, 1.165) is 16.6 Å². The highest BCUT2D eigenvalue weighted by Gasteiger charge is 2.16. The number of fused-ring (bicyclic) bond motifs is 1. The monoisotopic (exact) mass is 225 g/mol. The number of benzene rings is 1. The zero-order valence-corrected chi connectivity index (χ0v) is 8.02. The zero-order chi connectivity index (χ0) is 8.55. The van der Waals surface area contributed by atoms with Gasteiger partial charge in [-0.3, -0.25) is 4.79 Å². The van der Waals surface area contributed by atoms with Crippen molar-refractivity contribution in [2.75, 3.05) is 5.32 Å². The minimum atomic E-state index is 0.0942. The molecule has 1 heterocycles. The molecule has 1 N–H and O–H groups in total. The van der Waals surface area contributed by atoms with Gasteiger partial charge in [0.2, 0.25) is 5.91 Å². The molecule has 0 atom stereocenters. The van der Waals surface area contributed by atoms with Gasteiger partial charge in [-0.2, -0.15) is 0 Å². The van der Waals surface area contributed by atoms with Crippen molar-refractivity contribution in [3.8, 4) is 0 Å². The van der Waals surface area contributed by atoms with Gasteiger partial charge in [0, 0.05) is 11.0 Å². The normalized spacial score (nSPS) is 14.2. The standard InChI is InChI=1S/C9H8BrNO/c10-5-6-1-2-8-7(3-6)4-9(12)11-8/h1-3H,4-5H2,(H,11,12). The minimum Gasteiger partial charge on any atom is -0.326 e. The summed E-state index contributed by atoms with van der Waals surface area (Å²) in [5, 5.41) is 3.64. The Hall–Kier alpha value is -0.830. The van der Waals surface area contributed by atoms with Gasteiger partial charge in [-0.15, -0.1) is 0 Å². The molecule has 0 aliphatic carbocycles. The van der Waals surface area contributed by atoms with Crippen LogP contribution in [-0.4, -0.2) is 5.91 Å². The van der Waals surface area contributed by atoms with E-state index in [4.69, 9.17) is 0 Å². The molecule has 0 saturated heterocycles. The fraction of sp³-hybridized carbons (Fsp3) is 0.222. The average Bonchev–Trinajstić information content (AvgIpc) is 2.43. The topological polar surface area (TPSA) is 29.1 Å². The highest BCUT2D eigenvalue weighted by molar-refractivity contribution is 9.08. The molecule has 62 valence electrons. The second-order valence-corrected chi connectivity index (χ2v) is 3.41. The Balaban J connectivity index is 2.41. The van der Waals surface area contributed by atoms with Crippen LogP contribution in [0.2, 0.25) is 0 Å².